The van der Waals surface area contributed by atoms with E-state index in [0.717, 1.165) is 36.3 Å². The Morgan fingerprint density at radius 2 is 1.75 bits per heavy atom. The SMILES string of the molecule is COc1ccc(C[NH+]2[C@@H]3CCC[C@H]2CC(NC(=O)c2ccccc2C)C3)cc1. The monoisotopic (exact) mass is 379 g/mol. The van der Waals surface area contributed by atoms with E-state index in [9.17, 15) is 4.79 Å². The highest BCUT2D eigenvalue weighted by molar-refractivity contribution is 5.95. The van der Waals surface area contributed by atoms with Gasteiger partial charge >= 0.3 is 0 Å². The van der Waals surface area contributed by atoms with Gasteiger partial charge in [-0.25, -0.2) is 0 Å². The molecule has 2 saturated heterocycles. The molecule has 2 aromatic carbocycles. The highest BCUT2D eigenvalue weighted by Gasteiger charge is 2.42. The van der Waals surface area contributed by atoms with E-state index >= 15 is 0 Å². The van der Waals surface area contributed by atoms with Gasteiger partial charge in [-0.05, 0) is 62.1 Å². The lowest BCUT2D eigenvalue weighted by atomic mass is 9.81. The van der Waals surface area contributed by atoms with Crippen molar-refractivity contribution in [2.75, 3.05) is 7.11 Å². The lowest BCUT2D eigenvalue weighted by molar-refractivity contribution is -0.973. The average molecular weight is 380 g/mol. The van der Waals surface area contributed by atoms with E-state index in [2.05, 4.69) is 29.6 Å². The maximum atomic E-state index is 12.8. The zero-order valence-corrected chi connectivity index (χ0v) is 16.9. The molecule has 4 heteroatoms. The number of carbonyl (C=O) groups is 1. The van der Waals surface area contributed by atoms with Gasteiger partial charge in [-0.3, -0.25) is 4.79 Å². The predicted molar refractivity (Wildman–Crippen MR) is 111 cm³/mol. The summed E-state index contributed by atoms with van der Waals surface area (Å²) in [7, 11) is 1.71. The number of quaternary nitrogens is 1. The zero-order chi connectivity index (χ0) is 19.5. The summed E-state index contributed by atoms with van der Waals surface area (Å²) in [6.45, 7) is 3.07. The molecule has 0 saturated carbocycles. The Morgan fingerprint density at radius 3 is 2.39 bits per heavy atom. The Morgan fingerprint density at radius 1 is 1.07 bits per heavy atom. The summed E-state index contributed by atoms with van der Waals surface area (Å²) in [5.74, 6) is 0.997. The van der Waals surface area contributed by atoms with Crippen LogP contribution in [0.25, 0.3) is 0 Å². The molecule has 0 aromatic heterocycles. The molecule has 2 bridgehead atoms. The number of benzene rings is 2. The minimum absolute atomic E-state index is 0.0831. The van der Waals surface area contributed by atoms with Crippen LogP contribution in [0.1, 0.15) is 53.6 Å². The number of aryl methyl sites for hydroxylation is 1. The van der Waals surface area contributed by atoms with Gasteiger partial charge in [0, 0.05) is 30.0 Å². The molecule has 2 unspecified atom stereocenters. The standard InChI is InChI=1S/C24H30N2O2/c1-17-6-3-4-9-23(17)24(27)25-19-14-20-7-5-8-21(15-19)26(20)16-18-10-12-22(28-2)13-11-18/h3-4,6,9-13,19-21H,5,7-8,14-16H2,1-2H3,(H,25,27)/p+1/t19?,20-,21+. The smallest absolute Gasteiger partial charge is 0.251 e. The molecule has 148 valence electrons. The van der Waals surface area contributed by atoms with Gasteiger partial charge in [0.1, 0.15) is 12.3 Å². The fourth-order valence-corrected chi connectivity index (χ4v) is 5.11. The molecule has 0 spiro atoms. The Labute approximate surface area is 167 Å². The minimum Gasteiger partial charge on any atom is -0.497 e. The van der Waals surface area contributed by atoms with Crippen molar-refractivity contribution >= 4 is 5.91 Å². The number of fused-ring (bicyclic) bond motifs is 2. The summed E-state index contributed by atoms with van der Waals surface area (Å²) >= 11 is 0. The first-order valence-corrected chi connectivity index (χ1v) is 10.5. The highest BCUT2D eigenvalue weighted by Crippen LogP contribution is 2.23. The van der Waals surface area contributed by atoms with Gasteiger partial charge in [-0.15, -0.1) is 0 Å². The van der Waals surface area contributed by atoms with Gasteiger partial charge in [0.25, 0.3) is 5.91 Å². The summed E-state index contributed by atoms with van der Waals surface area (Å²) in [6, 6.07) is 17.9. The van der Waals surface area contributed by atoms with Crippen LogP contribution >= 0.6 is 0 Å². The Kier molecular flexibility index (Phi) is 5.67. The van der Waals surface area contributed by atoms with E-state index in [4.69, 9.17) is 4.74 Å². The van der Waals surface area contributed by atoms with Gasteiger partial charge in [0.2, 0.25) is 0 Å². The third-order valence-electron chi connectivity index (χ3n) is 6.58. The summed E-state index contributed by atoms with van der Waals surface area (Å²) < 4.78 is 5.28. The van der Waals surface area contributed by atoms with Crippen LogP contribution in [0.15, 0.2) is 48.5 Å². The van der Waals surface area contributed by atoms with Gasteiger partial charge in [0.15, 0.2) is 0 Å². The lowest BCUT2D eigenvalue weighted by Crippen LogP contribution is -3.20. The first-order chi connectivity index (χ1) is 13.6. The third kappa shape index (κ3) is 4.07. The molecule has 2 aromatic rings. The molecule has 4 nitrogen and oxygen atoms in total. The molecule has 2 aliphatic rings. The number of carbonyl (C=O) groups excluding carboxylic acids is 1. The van der Waals surface area contributed by atoms with Crippen molar-refractivity contribution in [3.05, 3.63) is 65.2 Å². The van der Waals surface area contributed by atoms with Crippen LogP contribution in [-0.2, 0) is 6.54 Å². The molecule has 2 aliphatic heterocycles. The topological polar surface area (TPSA) is 42.8 Å². The average Bonchev–Trinajstić information content (AvgIpc) is 2.69. The van der Waals surface area contributed by atoms with Gasteiger partial charge in [0.05, 0.1) is 19.2 Å². The third-order valence-corrected chi connectivity index (χ3v) is 6.58. The van der Waals surface area contributed by atoms with Crippen LogP contribution in [0.3, 0.4) is 0 Å². The summed E-state index contributed by atoms with van der Waals surface area (Å²) in [5, 5.41) is 3.34. The van der Waals surface area contributed by atoms with Crippen molar-refractivity contribution < 1.29 is 14.4 Å². The van der Waals surface area contributed by atoms with Crippen LogP contribution in [0.2, 0.25) is 0 Å². The Balaban J connectivity index is 1.41. The molecule has 2 N–H and O–H groups in total. The van der Waals surface area contributed by atoms with E-state index in [1.807, 2.05) is 31.2 Å². The first-order valence-electron chi connectivity index (χ1n) is 10.5. The number of hydrogen-bond acceptors (Lipinski definition) is 2. The molecular weight excluding hydrogens is 348 g/mol. The van der Waals surface area contributed by atoms with Crippen molar-refractivity contribution in [3.8, 4) is 5.75 Å². The molecule has 1 amide bonds. The fourth-order valence-electron chi connectivity index (χ4n) is 5.11. The van der Waals surface area contributed by atoms with Gasteiger partial charge < -0.3 is 15.0 Å². The fraction of sp³-hybridized carbons (Fsp3) is 0.458. The molecule has 0 radical (unpaired) electrons. The second-order valence-electron chi connectivity index (χ2n) is 8.38. The van der Waals surface area contributed by atoms with Crippen LogP contribution in [0, 0.1) is 6.92 Å². The van der Waals surface area contributed by atoms with Crippen LogP contribution in [0.4, 0.5) is 0 Å². The number of hydrogen-bond donors (Lipinski definition) is 2. The molecule has 2 fully saturated rings. The number of methoxy groups -OCH3 is 1. The van der Waals surface area contributed by atoms with Crippen LogP contribution in [0.5, 0.6) is 5.75 Å². The summed E-state index contributed by atoms with van der Waals surface area (Å²) in [6.07, 6.45) is 6.01. The quantitative estimate of drug-likeness (QED) is 0.839. The van der Waals surface area contributed by atoms with E-state index in [1.54, 1.807) is 12.0 Å². The van der Waals surface area contributed by atoms with Gasteiger partial charge in [-0.2, -0.15) is 0 Å². The van der Waals surface area contributed by atoms with Crippen molar-refractivity contribution in [1.29, 1.82) is 0 Å². The normalized spacial score (nSPS) is 26.5. The minimum atomic E-state index is 0.0831. The van der Waals surface area contributed by atoms with Crippen LogP contribution < -0.4 is 15.0 Å². The van der Waals surface area contributed by atoms with Crippen molar-refractivity contribution in [1.82, 2.24) is 5.32 Å². The summed E-state index contributed by atoms with van der Waals surface area (Å²) in [5.41, 5.74) is 3.22. The molecule has 28 heavy (non-hydrogen) atoms. The first kappa shape index (κ1) is 19.0. The second kappa shape index (κ2) is 8.36. The van der Waals surface area contributed by atoms with E-state index in [-0.39, 0.29) is 5.91 Å². The molecule has 0 aliphatic carbocycles. The Hall–Kier alpha value is -2.33. The molecule has 4 rings (SSSR count). The maximum absolute atomic E-state index is 12.8. The molecule has 4 atom stereocenters. The molecular formula is C24H31N2O2+. The lowest BCUT2D eigenvalue weighted by Gasteiger charge is -2.46. The van der Waals surface area contributed by atoms with Gasteiger partial charge in [-0.1, -0.05) is 18.2 Å². The van der Waals surface area contributed by atoms with Crippen LogP contribution in [-0.4, -0.2) is 31.1 Å². The summed E-state index contributed by atoms with van der Waals surface area (Å²) in [4.78, 5) is 14.5. The number of rotatable bonds is 5. The number of amides is 1. The van der Waals surface area contributed by atoms with E-state index in [0.29, 0.717) is 18.1 Å². The maximum Gasteiger partial charge on any atom is 0.251 e. The molecule has 2 heterocycles. The second-order valence-corrected chi connectivity index (χ2v) is 8.38. The largest absolute Gasteiger partial charge is 0.497 e. The highest BCUT2D eigenvalue weighted by atomic mass is 16.5. The van der Waals surface area contributed by atoms with E-state index in [1.165, 1.54) is 24.8 Å². The zero-order valence-electron chi connectivity index (χ0n) is 16.9. The van der Waals surface area contributed by atoms with Crippen molar-refractivity contribution in [2.45, 2.75) is 63.7 Å². The van der Waals surface area contributed by atoms with E-state index < -0.39 is 0 Å². The number of nitrogens with one attached hydrogen (secondary N) is 2. The predicted octanol–water partition coefficient (Wildman–Crippen LogP) is 2.90. The van der Waals surface area contributed by atoms with Crippen molar-refractivity contribution in [2.24, 2.45) is 0 Å². The Bertz CT molecular complexity index is 804. The number of ether oxygens (including phenoxy) is 1. The van der Waals surface area contributed by atoms with Crippen molar-refractivity contribution in [3.63, 3.8) is 0 Å². The number of piperidine rings is 2.